The third-order valence-corrected chi connectivity index (χ3v) is 5.41. The van der Waals surface area contributed by atoms with E-state index in [1.54, 1.807) is 0 Å². The second-order valence-electron chi connectivity index (χ2n) is 7.38. The molecule has 28 heavy (non-hydrogen) atoms. The molecule has 0 radical (unpaired) electrons. The lowest BCUT2D eigenvalue weighted by Gasteiger charge is -2.36. The van der Waals surface area contributed by atoms with Gasteiger partial charge in [-0.3, -0.25) is 0 Å². The number of aliphatic hydroxyl groups is 3. The van der Waals surface area contributed by atoms with Crippen LogP contribution in [-0.4, -0.2) is 76.0 Å². The van der Waals surface area contributed by atoms with Crippen molar-refractivity contribution in [3.63, 3.8) is 0 Å². The zero-order valence-corrected chi connectivity index (χ0v) is 16.7. The maximum Gasteiger partial charge on any atom is 0.202 e. The van der Waals surface area contributed by atoms with Gasteiger partial charge in [0.1, 0.15) is 18.0 Å². The summed E-state index contributed by atoms with van der Waals surface area (Å²) in [7, 11) is 0. The molecule has 2 aromatic rings. The SMILES string of the molecule is CCCN(CC)CCc1c[nH]c2cccc(OC3C[C@@H](O)[C@H](O)[C@@H](CO)O3)c12. The quantitative estimate of drug-likeness (QED) is 0.518. The molecule has 4 atom stereocenters. The van der Waals surface area contributed by atoms with Gasteiger partial charge in [0.2, 0.25) is 6.29 Å². The highest BCUT2D eigenvalue weighted by molar-refractivity contribution is 5.89. The van der Waals surface area contributed by atoms with Gasteiger partial charge in [0, 0.05) is 30.1 Å². The molecule has 1 aliphatic heterocycles. The summed E-state index contributed by atoms with van der Waals surface area (Å²) >= 11 is 0. The number of ether oxygens (including phenoxy) is 2. The summed E-state index contributed by atoms with van der Waals surface area (Å²) in [5.74, 6) is 0.678. The van der Waals surface area contributed by atoms with Crippen molar-refractivity contribution >= 4 is 10.9 Å². The van der Waals surface area contributed by atoms with Gasteiger partial charge in [0.05, 0.1) is 12.7 Å². The first-order valence-electron chi connectivity index (χ1n) is 10.2. The summed E-state index contributed by atoms with van der Waals surface area (Å²) in [6.07, 6.45) is 0.523. The fraction of sp³-hybridized carbons (Fsp3) is 0.619. The molecule has 7 nitrogen and oxygen atoms in total. The summed E-state index contributed by atoms with van der Waals surface area (Å²) in [5, 5.41) is 30.3. The van der Waals surface area contributed by atoms with E-state index in [4.69, 9.17) is 9.47 Å². The number of rotatable bonds is 9. The number of aromatic nitrogens is 1. The van der Waals surface area contributed by atoms with E-state index in [0.29, 0.717) is 5.75 Å². The zero-order valence-electron chi connectivity index (χ0n) is 16.7. The lowest BCUT2D eigenvalue weighted by molar-refractivity contribution is -0.229. The number of hydrogen-bond donors (Lipinski definition) is 4. The first-order valence-corrected chi connectivity index (χ1v) is 10.2. The predicted molar refractivity (Wildman–Crippen MR) is 107 cm³/mol. The van der Waals surface area contributed by atoms with E-state index in [1.165, 1.54) is 5.56 Å². The third-order valence-electron chi connectivity index (χ3n) is 5.41. The average Bonchev–Trinajstić information content (AvgIpc) is 3.12. The lowest BCUT2D eigenvalue weighted by atomic mass is 10.0. The van der Waals surface area contributed by atoms with Crippen LogP contribution in [0.2, 0.25) is 0 Å². The van der Waals surface area contributed by atoms with E-state index in [-0.39, 0.29) is 13.0 Å². The summed E-state index contributed by atoms with van der Waals surface area (Å²) in [6, 6.07) is 5.80. The Morgan fingerprint density at radius 3 is 2.79 bits per heavy atom. The molecule has 1 unspecified atom stereocenters. The number of hydrogen-bond acceptors (Lipinski definition) is 6. The third kappa shape index (κ3) is 4.67. The molecule has 1 aromatic heterocycles. The normalized spacial score (nSPS) is 25.5. The summed E-state index contributed by atoms with van der Waals surface area (Å²) in [6.45, 7) is 7.08. The number of fused-ring (bicyclic) bond motifs is 1. The van der Waals surface area contributed by atoms with E-state index < -0.39 is 24.6 Å². The van der Waals surface area contributed by atoms with Crippen molar-refractivity contribution in [2.45, 2.75) is 57.7 Å². The molecule has 3 rings (SSSR count). The molecule has 0 saturated carbocycles. The standard InChI is InChI=1S/C21H32N2O5/c1-3-9-23(4-2)10-8-14-12-22-15-6-5-7-17(20(14)15)27-19-11-16(25)21(26)18(13-24)28-19/h5-7,12,16,18-19,21-22,24-26H,3-4,8-11,13H2,1-2H3/t16-,18-,19?,21+/m1/s1. The first kappa shape index (κ1) is 21.1. The van der Waals surface area contributed by atoms with Gasteiger partial charge in [-0.05, 0) is 43.6 Å². The Hall–Kier alpha value is -1.64. The van der Waals surface area contributed by atoms with Crippen molar-refractivity contribution in [2.24, 2.45) is 0 Å². The Balaban J connectivity index is 1.77. The zero-order chi connectivity index (χ0) is 20.1. The molecule has 4 N–H and O–H groups in total. The van der Waals surface area contributed by atoms with Crippen molar-refractivity contribution in [2.75, 3.05) is 26.2 Å². The summed E-state index contributed by atoms with van der Waals surface area (Å²) < 4.78 is 11.7. The van der Waals surface area contributed by atoms with Gasteiger partial charge < -0.3 is 34.7 Å². The maximum absolute atomic E-state index is 10.0. The van der Waals surface area contributed by atoms with Gasteiger partial charge in [0.15, 0.2) is 0 Å². The Morgan fingerprint density at radius 2 is 2.07 bits per heavy atom. The molecule has 1 saturated heterocycles. The molecule has 0 spiro atoms. The molecule has 1 aromatic carbocycles. The molecule has 1 aliphatic rings. The predicted octanol–water partition coefficient (Wildman–Crippen LogP) is 1.65. The Kier molecular flexibility index (Phi) is 7.31. The van der Waals surface area contributed by atoms with Crippen molar-refractivity contribution in [3.8, 4) is 5.75 Å². The minimum absolute atomic E-state index is 0.147. The van der Waals surface area contributed by atoms with Crippen LogP contribution < -0.4 is 4.74 Å². The molecule has 1 fully saturated rings. The maximum atomic E-state index is 10.0. The van der Waals surface area contributed by atoms with E-state index in [1.807, 2.05) is 24.4 Å². The highest BCUT2D eigenvalue weighted by Crippen LogP contribution is 2.32. The monoisotopic (exact) mass is 392 g/mol. The van der Waals surface area contributed by atoms with Crippen molar-refractivity contribution < 1.29 is 24.8 Å². The second-order valence-corrected chi connectivity index (χ2v) is 7.38. The Morgan fingerprint density at radius 1 is 1.25 bits per heavy atom. The Bertz CT molecular complexity index is 749. The minimum Gasteiger partial charge on any atom is -0.464 e. The average molecular weight is 392 g/mol. The van der Waals surface area contributed by atoms with Crippen LogP contribution in [0.5, 0.6) is 5.75 Å². The van der Waals surface area contributed by atoms with E-state index in [2.05, 4.69) is 23.7 Å². The van der Waals surface area contributed by atoms with Gasteiger partial charge in [-0.2, -0.15) is 0 Å². The van der Waals surface area contributed by atoms with Crippen LogP contribution in [0.15, 0.2) is 24.4 Å². The number of H-pyrrole nitrogens is 1. The fourth-order valence-corrected chi connectivity index (χ4v) is 3.82. The van der Waals surface area contributed by atoms with Crippen LogP contribution in [0.1, 0.15) is 32.3 Å². The molecular weight excluding hydrogens is 360 g/mol. The van der Waals surface area contributed by atoms with Crippen molar-refractivity contribution in [1.29, 1.82) is 0 Å². The fourth-order valence-electron chi connectivity index (χ4n) is 3.82. The van der Waals surface area contributed by atoms with Crippen LogP contribution >= 0.6 is 0 Å². The molecule has 7 heteroatoms. The van der Waals surface area contributed by atoms with Crippen LogP contribution in [0, 0.1) is 0 Å². The molecule has 0 bridgehead atoms. The van der Waals surface area contributed by atoms with Crippen molar-refractivity contribution in [1.82, 2.24) is 9.88 Å². The number of nitrogens with zero attached hydrogens (tertiary/aromatic N) is 1. The molecule has 0 aliphatic carbocycles. The highest BCUT2D eigenvalue weighted by Gasteiger charge is 2.37. The molecule has 0 amide bonds. The van der Waals surface area contributed by atoms with Gasteiger partial charge in [-0.15, -0.1) is 0 Å². The van der Waals surface area contributed by atoms with Crippen molar-refractivity contribution in [3.05, 3.63) is 30.0 Å². The van der Waals surface area contributed by atoms with Gasteiger partial charge in [0.25, 0.3) is 0 Å². The van der Waals surface area contributed by atoms with Gasteiger partial charge in [-0.1, -0.05) is 19.9 Å². The molecule has 156 valence electrons. The van der Waals surface area contributed by atoms with Crippen LogP contribution in [-0.2, 0) is 11.2 Å². The first-order chi connectivity index (χ1) is 13.6. The molecular formula is C21H32N2O5. The topological polar surface area (TPSA) is 98.2 Å². The number of benzene rings is 1. The largest absolute Gasteiger partial charge is 0.464 e. The van der Waals surface area contributed by atoms with Crippen LogP contribution in [0.25, 0.3) is 10.9 Å². The van der Waals surface area contributed by atoms with Crippen LogP contribution in [0.4, 0.5) is 0 Å². The number of aromatic amines is 1. The van der Waals surface area contributed by atoms with E-state index in [9.17, 15) is 15.3 Å². The van der Waals surface area contributed by atoms with Crippen LogP contribution in [0.3, 0.4) is 0 Å². The number of likely N-dealkylation sites (N-methyl/N-ethyl adjacent to an activating group) is 1. The number of aliphatic hydroxyl groups excluding tert-OH is 3. The van der Waals surface area contributed by atoms with Gasteiger partial charge in [-0.25, -0.2) is 0 Å². The van der Waals surface area contributed by atoms with E-state index >= 15 is 0 Å². The summed E-state index contributed by atoms with van der Waals surface area (Å²) in [5.41, 5.74) is 2.16. The second kappa shape index (κ2) is 9.71. The summed E-state index contributed by atoms with van der Waals surface area (Å²) in [4.78, 5) is 5.73. The smallest absolute Gasteiger partial charge is 0.202 e. The number of nitrogens with one attached hydrogen (secondary N) is 1. The minimum atomic E-state index is -1.11. The Labute approximate surface area is 165 Å². The lowest BCUT2D eigenvalue weighted by Crippen LogP contribution is -2.51. The molecule has 2 heterocycles. The van der Waals surface area contributed by atoms with Gasteiger partial charge >= 0.3 is 0 Å². The highest BCUT2D eigenvalue weighted by atomic mass is 16.7. The van der Waals surface area contributed by atoms with E-state index in [0.717, 1.165) is 43.4 Å².